The summed E-state index contributed by atoms with van der Waals surface area (Å²) in [4.78, 5) is 15.2. The van der Waals surface area contributed by atoms with Crippen molar-refractivity contribution in [2.24, 2.45) is 0 Å². The molecule has 1 amide bonds. The number of thioether (sulfide) groups is 1. The van der Waals surface area contributed by atoms with Crippen LogP contribution in [0.15, 0.2) is 42.7 Å². The van der Waals surface area contributed by atoms with Gasteiger partial charge in [0.1, 0.15) is 0 Å². The summed E-state index contributed by atoms with van der Waals surface area (Å²) < 4.78 is 7.32. The Morgan fingerprint density at radius 3 is 2.81 bits per heavy atom. The monoisotopic (exact) mass is 386 g/mol. The van der Waals surface area contributed by atoms with Gasteiger partial charge in [0.2, 0.25) is 0 Å². The number of aromatic nitrogens is 2. The lowest BCUT2D eigenvalue weighted by Gasteiger charge is -2.43. The third-order valence-electron chi connectivity index (χ3n) is 5.43. The molecule has 2 aliphatic heterocycles. The molecule has 6 nitrogen and oxygen atoms in total. The molecular formula is C20H26N4O2S. The lowest BCUT2D eigenvalue weighted by molar-refractivity contribution is -0.0129. The van der Waals surface area contributed by atoms with Gasteiger partial charge in [0, 0.05) is 37.1 Å². The minimum Gasteiger partial charge on any atom is -0.379 e. The van der Waals surface area contributed by atoms with E-state index in [-0.39, 0.29) is 11.4 Å². The van der Waals surface area contributed by atoms with E-state index in [1.54, 1.807) is 6.20 Å². The van der Waals surface area contributed by atoms with E-state index in [0.29, 0.717) is 18.7 Å². The number of benzene rings is 1. The molecular weight excluding hydrogens is 360 g/mol. The number of nitrogens with zero attached hydrogens (tertiary/aromatic N) is 3. The molecule has 0 unspecified atom stereocenters. The first-order valence-electron chi connectivity index (χ1n) is 9.50. The van der Waals surface area contributed by atoms with Gasteiger partial charge in [-0.05, 0) is 17.7 Å². The Morgan fingerprint density at radius 1 is 1.26 bits per heavy atom. The van der Waals surface area contributed by atoms with Crippen LogP contribution in [-0.2, 0) is 11.3 Å². The van der Waals surface area contributed by atoms with Crippen molar-refractivity contribution in [3.05, 3.63) is 53.9 Å². The predicted molar refractivity (Wildman–Crippen MR) is 107 cm³/mol. The average molecular weight is 387 g/mol. The molecule has 1 atom stereocenters. The van der Waals surface area contributed by atoms with Crippen LogP contribution < -0.4 is 5.32 Å². The highest BCUT2D eigenvalue weighted by Crippen LogP contribution is 2.33. The number of nitrogens with one attached hydrogen (secondary N) is 1. The molecule has 3 heterocycles. The van der Waals surface area contributed by atoms with Crippen LogP contribution in [0, 0.1) is 0 Å². The first-order chi connectivity index (χ1) is 13.3. The second-order valence-electron chi connectivity index (χ2n) is 7.22. The van der Waals surface area contributed by atoms with Crippen molar-refractivity contribution < 1.29 is 9.53 Å². The smallest absolute Gasteiger partial charge is 0.254 e. The maximum atomic E-state index is 12.7. The summed E-state index contributed by atoms with van der Waals surface area (Å²) in [6, 6.07) is 10.1. The molecule has 27 heavy (non-hydrogen) atoms. The van der Waals surface area contributed by atoms with Gasteiger partial charge in [-0.25, -0.2) is 0 Å². The van der Waals surface area contributed by atoms with Gasteiger partial charge in [-0.1, -0.05) is 30.3 Å². The molecule has 0 aliphatic carbocycles. The normalized spacial score (nSPS) is 23.4. The van der Waals surface area contributed by atoms with Crippen LogP contribution in [-0.4, -0.2) is 70.5 Å². The van der Waals surface area contributed by atoms with Gasteiger partial charge < -0.3 is 10.1 Å². The SMILES string of the molecule is O=C(NC[C@@]1(N2CCOCC2)CCSC1)c1cnn(Cc2ccccc2)c1. The number of amides is 1. The lowest BCUT2D eigenvalue weighted by atomic mass is 9.95. The van der Waals surface area contributed by atoms with Crippen molar-refractivity contribution in [2.75, 3.05) is 44.4 Å². The summed E-state index contributed by atoms with van der Waals surface area (Å²) in [5.41, 5.74) is 1.85. The van der Waals surface area contributed by atoms with Crippen molar-refractivity contribution in [1.29, 1.82) is 0 Å². The van der Waals surface area contributed by atoms with E-state index in [0.717, 1.165) is 44.2 Å². The molecule has 0 spiro atoms. The molecule has 2 aromatic rings. The number of carbonyl (C=O) groups excluding carboxylic acids is 1. The Bertz CT molecular complexity index is 752. The molecule has 1 aromatic heterocycles. The van der Waals surface area contributed by atoms with E-state index >= 15 is 0 Å². The summed E-state index contributed by atoms with van der Waals surface area (Å²) in [7, 11) is 0. The van der Waals surface area contributed by atoms with Crippen molar-refractivity contribution >= 4 is 17.7 Å². The van der Waals surface area contributed by atoms with Gasteiger partial charge in [0.25, 0.3) is 5.91 Å². The molecule has 2 aliphatic rings. The number of hydrogen-bond donors (Lipinski definition) is 1. The van der Waals surface area contributed by atoms with Crippen LogP contribution in [0.25, 0.3) is 0 Å². The van der Waals surface area contributed by atoms with Crippen molar-refractivity contribution in [3.63, 3.8) is 0 Å². The van der Waals surface area contributed by atoms with Gasteiger partial charge >= 0.3 is 0 Å². The third-order valence-corrected chi connectivity index (χ3v) is 6.66. The Balaban J connectivity index is 1.37. The molecule has 0 radical (unpaired) electrons. The van der Waals surface area contributed by atoms with Crippen LogP contribution in [0.5, 0.6) is 0 Å². The van der Waals surface area contributed by atoms with E-state index in [9.17, 15) is 4.79 Å². The summed E-state index contributed by atoms with van der Waals surface area (Å²) in [6.07, 6.45) is 4.60. The van der Waals surface area contributed by atoms with E-state index in [1.807, 2.05) is 40.8 Å². The zero-order chi connectivity index (χ0) is 18.5. The van der Waals surface area contributed by atoms with Crippen LogP contribution in [0.2, 0.25) is 0 Å². The molecule has 1 N–H and O–H groups in total. The van der Waals surface area contributed by atoms with E-state index in [1.165, 1.54) is 5.56 Å². The van der Waals surface area contributed by atoms with Crippen LogP contribution >= 0.6 is 11.8 Å². The highest BCUT2D eigenvalue weighted by Gasteiger charge is 2.40. The summed E-state index contributed by atoms with van der Waals surface area (Å²) in [6.45, 7) is 4.82. The summed E-state index contributed by atoms with van der Waals surface area (Å²) >= 11 is 1.98. The predicted octanol–water partition coefficient (Wildman–Crippen LogP) is 1.87. The minimum absolute atomic E-state index is 0.0427. The van der Waals surface area contributed by atoms with Crippen molar-refractivity contribution in [2.45, 2.75) is 18.5 Å². The van der Waals surface area contributed by atoms with Gasteiger partial charge in [-0.15, -0.1) is 0 Å². The average Bonchev–Trinajstić information content (AvgIpc) is 3.38. The highest BCUT2D eigenvalue weighted by molar-refractivity contribution is 7.99. The molecule has 0 saturated carbocycles. The van der Waals surface area contributed by atoms with E-state index in [4.69, 9.17) is 4.74 Å². The summed E-state index contributed by atoms with van der Waals surface area (Å²) in [5, 5.41) is 7.51. The summed E-state index contributed by atoms with van der Waals surface area (Å²) in [5.74, 6) is 2.18. The van der Waals surface area contributed by atoms with Crippen LogP contribution in [0.1, 0.15) is 22.3 Å². The minimum atomic E-state index is -0.0427. The molecule has 7 heteroatoms. The van der Waals surface area contributed by atoms with E-state index in [2.05, 4.69) is 27.4 Å². The first-order valence-corrected chi connectivity index (χ1v) is 10.7. The molecule has 0 bridgehead atoms. The molecule has 2 fully saturated rings. The van der Waals surface area contributed by atoms with Gasteiger partial charge in [-0.2, -0.15) is 16.9 Å². The van der Waals surface area contributed by atoms with Crippen LogP contribution in [0.3, 0.4) is 0 Å². The Kier molecular flexibility index (Phi) is 5.80. The van der Waals surface area contributed by atoms with Gasteiger partial charge in [-0.3, -0.25) is 14.4 Å². The fourth-order valence-electron chi connectivity index (χ4n) is 3.82. The topological polar surface area (TPSA) is 59.4 Å². The standard InChI is InChI=1S/C20H26N4O2S/c25-19(18-12-22-24(14-18)13-17-4-2-1-3-5-17)21-15-20(6-11-27-16-20)23-7-9-26-10-8-23/h1-5,12,14H,6-11,13,15-16H2,(H,21,25)/t20-/m0/s1. The van der Waals surface area contributed by atoms with Crippen molar-refractivity contribution in [3.8, 4) is 0 Å². The quantitative estimate of drug-likeness (QED) is 0.821. The van der Waals surface area contributed by atoms with Crippen LogP contribution in [0.4, 0.5) is 0 Å². The number of rotatable bonds is 6. The molecule has 144 valence electrons. The third kappa shape index (κ3) is 4.36. The maximum Gasteiger partial charge on any atom is 0.254 e. The van der Waals surface area contributed by atoms with Gasteiger partial charge in [0.05, 0.1) is 31.5 Å². The number of morpholine rings is 1. The second kappa shape index (κ2) is 8.46. The number of carbonyl (C=O) groups is 1. The fraction of sp³-hybridized carbons (Fsp3) is 0.500. The lowest BCUT2D eigenvalue weighted by Crippen LogP contribution is -2.59. The molecule has 2 saturated heterocycles. The van der Waals surface area contributed by atoms with Gasteiger partial charge in [0.15, 0.2) is 0 Å². The second-order valence-corrected chi connectivity index (χ2v) is 8.33. The number of ether oxygens (including phenoxy) is 1. The van der Waals surface area contributed by atoms with E-state index < -0.39 is 0 Å². The molecule has 4 rings (SSSR count). The zero-order valence-corrected chi connectivity index (χ0v) is 16.3. The number of hydrogen-bond acceptors (Lipinski definition) is 5. The Labute approximate surface area is 164 Å². The van der Waals surface area contributed by atoms with Crippen molar-refractivity contribution in [1.82, 2.24) is 20.0 Å². The highest BCUT2D eigenvalue weighted by atomic mass is 32.2. The zero-order valence-electron chi connectivity index (χ0n) is 15.5. The largest absolute Gasteiger partial charge is 0.379 e. The molecule has 1 aromatic carbocycles. The Hall–Kier alpha value is -1.83. The maximum absolute atomic E-state index is 12.7. The Morgan fingerprint density at radius 2 is 2.07 bits per heavy atom. The fourth-order valence-corrected chi connectivity index (χ4v) is 5.30. The first kappa shape index (κ1) is 18.5.